The van der Waals surface area contributed by atoms with Crippen LogP contribution in [0.2, 0.25) is 5.02 Å². The van der Waals surface area contributed by atoms with Gasteiger partial charge in [-0.15, -0.1) is 0 Å². The Bertz CT molecular complexity index is 1430. The van der Waals surface area contributed by atoms with Crippen LogP contribution in [0.1, 0.15) is 5.76 Å². The number of benzene rings is 3. The van der Waals surface area contributed by atoms with E-state index in [1.54, 1.807) is 29.5 Å². The van der Waals surface area contributed by atoms with E-state index in [9.17, 15) is 10.1 Å². The highest BCUT2D eigenvalue weighted by Gasteiger charge is 2.16. The van der Waals surface area contributed by atoms with Crippen molar-refractivity contribution in [1.29, 1.82) is 0 Å². The Morgan fingerprint density at radius 1 is 0.941 bits per heavy atom. The van der Waals surface area contributed by atoms with Crippen molar-refractivity contribution in [3.05, 3.63) is 106 Å². The van der Waals surface area contributed by atoms with Crippen molar-refractivity contribution in [2.45, 2.75) is 6.54 Å². The summed E-state index contributed by atoms with van der Waals surface area (Å²) < 4.78 is 5.45. The minimum Gasteiger partial charge on any atom is -0.359 e. The molecule has 0 aliphatic carbocycles. The van der Waals surface area contributed by atoms with Crippen LogP contribution in [0.5, 0.6) is 0 Å². The van der Waals surface area contributed by atoms with Gasteiger partial charge in [0.2, 0.25) is 0 Å². The van der Waals surface area contributed by atoms with Crippen LogP contribution in [0.15, 0.2) is 89.5 Å². The van der Waals surface area contributed by atoms with Gasteiger partial charge in [-0.2, -0.15) is 0 Å². The van der Waals surface area contributed by atoms with Crippen LogP contribution in [0.4, 0.5) is 10.8 Å². The van der Waals surface area contributed by atoms with Gasteiger partial charge in [-0.1, -0.05) is 70.6 Å². The number of non-ortho nitro benzene ring substituents is 1. The van der Waals surface area contributed by atoms with Crippen molar-refractivity contribution in [2.24, 2.45) is 0 Å². The number of nitrogens with zero attached hydrogens (tertiary/aromatic N) is 3. The zero-order valence-electron chi connectivity index (χ0n) is 17.6. The third-order valence-electron chi connectivity index (χ3n) is 5.13. The Labute approximate surface area is 203 Å². The molecule has 1 N–H and O–H groups in total. The SMILES string of the molecule is O=[N+]([O-])c1ccc(-c2cc(CNc3nc(-c4ccc(Cl)cc4)c(-c4ccccc4)s3)on2)cc1. The average molecular weight is 489 g/mol. The van der Waals surface area contributed by atoms with Crippen LogP contribution in [0, 0.1) is 10.1 Å². The van der Waals surface area contributed by atoms with Crippen LogP contribution in [0.3, 0.4) is 0 Å². The highest BCUT2D eigenvalue weighted by Crippen LogP contribution is 2.39. The van der Waals surface area contributed by atoms with E-state index >= 15 is 0 Å². The van der Waals surface area contributed by atoms with Crippen LogP contribution in [0.25, 0.3) is 33.0 Å². The molecule has 2 aromatic heterocycles. The smallest absolute Gasteiger partial charge is 0.269 e. The molecule has 0 amide bonds. The zero-order valence-corrected chi connectivity index (χ0v) is 19.2. The maximum Gasteiger partial charge on any atom is 0.269 e. The molecule has 0 saturated carbocycles. The predicted octanol–water partition coefficient (Wildman–Crippen LogP) is 7.31. The van der Waals surface area contributed by atoms with Gasteiger partial charge in [-0.25, -0.2) is 4.98 Å². The number of nitro benzene ring substituents is 1. The fraction of sp³-hybridized carbons (Fsp3) is 0.0400. The summed E-state index contributed by atoms with van der Waals surface area (Å²) in [6.45, 7) is 0.391. The Hall–Kier alpha value is -4.01. The first-order chi connectivity index (χ1) is 16.6. The van der Waals surface area contributed by atoms with E-state index in [4.69, 9.17) is 21.1 Å². The van der Waals surface area contributed by atoms with E-state index in [0.717, 1.165) is 32.4 Å². The lowest BCUT2D eigenvalue weighted by atomic mass is 10.1. The standard InChI is InChI=1S/C25H17ClN4O3S/c26-19-10-6-17(7-11-19)23-24(18-4-2-1-3-5-18)34-25(28-23)27-15-21-14-22(29-33-21)16-8-12-20(13-9-16)30(31)32/h1-14H,15H2,(H,27,28). The van der Waals surface area contributed by atoms with Gasteiger partial charge in [0.1, 0.15) is 5.69 Å². The summed E-state index contributed by atoms with van der Waals surface area (Å²) in [6.07, 6.45) is 0. The zero-order chi connectivity index (χ0) is 23.5. The average Bonchev–Trinajstić information content (AvgIpc) is 3.51. The van der Waals surface area contributed by atoms with Gasteiger partial charge in [0, 0.05) is 34.3 Å². The molecule has 0 saturated heterocycles. The van der Waals surface area contributed by atoms with Gasteiger partial charge in [0.05, 0.1) is 22.0 Å². The van der Waals surface area contributed by atoms with E-state index in [2.05, 4.69) is 22.6 Å². The second-order valence-corrected chi connectivity index (χ2v) is 8.84. The molecule has 5 aromatic rings. The minimum absolute atomic E-state index is 0.0311. The van der Waals surface area contributed by atoms with Crippen molar-refractivity contribution in [3.8, 4) is 33.0 Å². The highest BCUT2D eigenvalue weighted by molar-refractivity contribution is 7.19. The summed E-state index contributed by atoms with van der Waals surface area (Å²) in [5, 5.41) is 19.7. The molecule has 0 spiro atoms. The second-order valence-electron chi connectivity index (χ2n) is 7.41. The quantitative estimate of drug-likeness (QED) is 0.191. The monoisotopic (exact) mass is 488 g/mol. The fourth-order valence-corrected chi connectivity index (χ4v) is 4.55. The van der Waals surface area contributed by atoms with E-state index in [1.807, 2.05) is 42.5 Å². The first-order valence-electron chi connectivity index (χ1n) is 10.3. The number of aromatic nitrogens is 2. The summed E-state index contributed by atoms with van der Waals surface area (Å²) in [4.78, 5) is 16.3. The van der Waals surface area contributed by atoms with Crippen molar-refractivity contribution < 1.29 is 9.45 Å². The van der Waals surface area contributed by atoms with Crippen LogP contribution >= 0.6 is 22.9 Å². The summed E-state index contributed by atoms with van der Waals surface area (Å²) in [6, 6.07) is 25.7. The molecular formula is C25H17ClN4O3S. The van der Waals surface area contributed by atoms with E-state index in [-0.39, 0.29) is 5.69 Å². The third kappa shape index (κ3) is 4.68. The first-order valence-corrected chi connectivity index (χ1v) is 11.5. The Balaban J connectivity index is 1.37. The number of nitro groups is 1. The molecule has 0 aliphatic heterocycles. The van der Waals surface area contributed by atoms with Gasteiger partial charge < -0.3 is 9.84 Å². The second kappa shape index (κ2) is 9.46. The summed E-state index contributed by atoms with van der Waals surface area (Å²) >= 11 is 7.63. The largest absolute Gasteiger partial charge is 0.359 e. The summed E-state index contributed by atoms with van der Waals surface area (Å²) in [5.74, 6) is 0.623. The Morgan fingerprint density at radius 3 is 2.35 bits per heavy atom. The lowest BCUT2D eigenvalue weighted by Gasteiger charge is -2.02. The predicted molar refractivity (Wildman–Crippen MR) is 134 cm³/mol. The van der Waals surface area contributed by atoms with Crippen molar-refractivity contribution in [2.75, 3.05) is 5.32 Å². The molecule has 5 rings (SSSR count). The molecule has 0 fully saturated rings. The molecule has 34 heavy (non-hydrogen) atoms. The van der Waals surface area contributed by atoms with E-state index in [0.29, 0.717) is 23.0 Å². The molecule has 168 valence electrons. The molecule has 9 heteroatoms. The number of halogens is 1. The van der Waals surface area contributed by atoms with Gasteiger partial charge in [-0.05, 0) is 29.8 Å². The Kier molecular flexibility index (Phi) is 6.07. The lowest BCUT2D eigenvalue weighted by molar-refractivity contribution is -0.384. The van der Waals surface area contributed by atoms with E-state index < -0.39 is 4.92 Å². The molecule has 0 radical (unpaired) electrons. The molecule has 3 aromatic carbocycles. The van der Waals surface area contributed by atoms with Gasteiger partial charge in [0.25, 0.3) is 5.69 Å². The van der Waals surface area contributed by atoms with E-state index in [1.165, 1.54) is 12.1 Å². The van der Waals surface area contributed by atoms with Crippen molar-refractivity contribution in [1.82, 2.24) is 10.1 Å². The number of nitrogens with one attached hydrogen (secondary N) is 1. The van der Waals surface area contributed by atoms with Crippen molar-refractivity contribution in [3.63, 3.8) is 0 Å². The number of hydrogen-bond acceptors (Lipinski definition) is 7. The summed E-state index contributed by atoms with van der Waals surface area (Å²) in [7, 11) is 0. The number of thiazole rings is 1. The Morgan fingerprint density at radius 2 is 1.65 bits per heavy atom. The molecule has 0 unspecified atom stereocenters. The van der Waals surface area contributed by atoms with Crippen LogP contribution in [-0.4, -0.2) is 15.1 Å². The molecule has 0 aliphatic rings. The molecular weight excluding hydrogens is 472 g/mol. The molecule has 0 bridgehead atoms. The topological polar surface area (TPSA) is 94.1 Å². The molecule has 7 nitrogen and oxygen atoms in total. The third-order valence-corrected chi connectivity index (χ3v) is 6.44. The van der Waals surface area contributed by atoms with Gasteiger partial charge in [-0.3, -0.25) is 10.1 Å². The summed E-state index contributed by atoms with van der Waals surface area (Å²) in [5.41, 5.74) is 4.32. The number of rotatable bonds is 7. The minimum atomic E-state index is -0.433. The maximum atomic E-state index is 10.8. The molecule has 0 atom stereocenters. The highest BCUT2D eigenvalue weighted by atomic mass is 35.5. The normalized spacial score (nSPS) is 10.9. The number of hydrogen-bond donors (Lipinski definition) is 1. The van der Waals surface area contributed by atoms with Gasteiger partial charge >= 0.3 is 0 Å². The maximum absolute atomic E-state index is 10.8. The van der Waals surface area contributed by atoms with Gasteiger partial charge in [0.15, 0.2) is 10.9 Å². The van der Waals surface area contributed by atoms with Crippen molar-refractivity contribution >= 4 is 33.8 Å². The molecule has 2 heterocycles. The first kappa shape index (κ1) is 21.8. The number of anilines is 1. The lowest BCUT2D eigenvalue weighted by Crippen LogP contribution is -1.97. The van der Waals surface area contributed by atoms with Crippen LogP contribution in [-0.2, 0) is 6.54 Å². The van der Waals surface area contributed by atoms with Crippen LogP contribution < -0.4 is 5.32 Å². The fourth-order valence-electron chi connectivity index (χ4n) is 3.43.